The van der Waals surface area contributed by atoms with E-state index in [1.165, 1.54) is 7.11 Å². The third-order valence-corrected chi connectivity index (χ3v) is 5.30. The Labute approximate surface area is 195 Å². The van der Waals surface area contributed by atoms with E-state index in [1.54, 1.807) is 24.3 Å². The van der Waals surface area contributed by atoms with E-state index in [2.05, 4.69) is 25.9 Å². The van der Waals surface area contributed by atoms with E-state index >= 15 is 0 Å². The molecule has 0 aliphatic carbocycles. The van der Waals surface area contributed by atoms with Gasteiger partial charge in [-0.05, 0) is 52.0 Å². The fourth-order valence-electron chi connectivity index (χ4n) is 3.25. The molecular formula is C24H27BrFNO5. The average molecular weight is 508 g/mol. The SMILES string of the molecule is CO/N=C/[C@@H](F)[C@H](OC(=O)c1cc(C)cc(C)c1)[C@@H](Br)COC(=O)c1cc(C)cc(C)c1. The maximum Gasteiger partial charge on any atom is 0.338 e. The normalized spacial score (nSPS) is 14.0. The predicted molar refractivity (Wildman–Crippen MR) is 124 cm³/mol. The molecular weight excluding hydrogens is 481 g/mol. The lowest BCUT2D eigenvalue weighted by molar-refractivity contribution is 0.00843. The lowest BCUT2D eigenvalue weighted by atomic mass is 10.1. The number of carbonyl (C=O) groups excluding carboxylic acids is 2. The Bertz CT molecular complexity index is 954. The molecule has 0 aromatic heterocycles. The molecule has 0 aliphatic rings. The van der Waals surface area contributed by atoms with Gasteiger partial charge >= 0.3 is 11.9 Å². The quantitative estimate of drug-likeness (QED) is 0.206. The molecule has 0 spiro atoms. The number of oxime groups is 1. The maximum absolute atomic E-state index is 14.8. The number of ether oxygens (including phenoxy) is 2. The van der Waals surface area contributed by atoms with E-state index in [0.29, 0.717) is 11.1 Å². The van der Waals surface area contributed by atoms with E-state index in [9.17, 15) is 14.0 Å². The van der Waals surface area contributed by atoms with Gasteiger partial charge in [-0.25, -0.2) is 14.0 Å². The van der Waals surface area contributed by atoms with Crippen LogP contribution in [0.25, 0.3) is 0 Å². The van der Waals surface area contributed by atoms with Crippen LogP contribution in [0.1, 0.15) is 43.0 Å². The third-order valence-electron chi connectivity index (χ3n) is 4.51. The first kappa shape index (κ1) is 25.5. The van der Waals surface area contributed by atoms with Crippen LogP contribution in [0.4, 0.5) is 4.39 Å². The number of halogens is 2. The number of esters is 2. The minimum atomic E-state index is -1.80. The molecule has 2 rings (SSSR count). The number of alkyl halides is 2. The Balaban J connectivity index is 2.15. The van der Waals surface area contributed by atoms with Crippen LogP contribution < -0.4 is 0 Å². The minimum absolute atomic E-state index is 0.224. The molecule has 0 radical (unpaired) electrons. The van der Waals surface area contributed by atoms with E-state index in [4.69, 9.17) is 9.47 Å². The predicted octanol–water partition coefficient (Wildman–Crippen LogP) is 5.04. The number of benzene rings is 2. The summed E-state index contributed by atoms with van der Waals surface area (Å²) < 4.78 is 25.6. The summed E-state index contributed by atoms with van der Waals surface area (Å²) in [5.74, 6) is -1.25. The summed E-state index contributed by atoms with van der Waals surface area (Å²) in [4.78, 5) is 28.8. The summed E-state index contributed by atoms with van der Waals surface area (Å²) >= 11 is 3.30. The van der Waals surface area contributed by atoms with Crippen LogP contribution in [-0.2, 0) is 14.3 Å². The zero-order chi connectivity index (χ0) is 23.8. The summed E-state index contributed by atoms with van der Waals surface area (Å²) in [6, 6.07) is 10.6. The Kier molecular flexibility index (Phi) is 9.38. The van der Waals surface area contributed by atoms with Gasteiger partial charge in [0, 0.05) is 0 Å². The van der Waals surface area contributed by atoms with Crippen LogP contribution >= 0.6 is 15.9 Å². The molecule has 0 saturated heterocycles. The molecule has 0 heterocycles. The van der Waals surface area contributed by atoms with Gasteiger partial charge in [0.1, 0.15) is 13.7 Å². The van der Waals surface area contributed by atoms with Crippen molar-refractivity contribution in [1.82, 2.24) is 0 Å². The molecule has 6 nitrogen and oxygen atoms in total. The molecule has 0 aliphatic heterocycles. The average Bonchev–Trinajstić information content (AvgIpc) is 2.72. The van der Waals surface area contributed by atoms with Gasteiger partial charge in [0.25, 0.3) is 0 Å². The van der Waals surface area contributed by atoms with Crippen LogP contribution in [0, 0.1) is 27.7 Å². The maximum atomic E-state index is 14.8. The highest BCUT2D eigenvalue weighted by atomic mass is 79.9. The molecule has 0 N–H and O–H groups in total. The number of hydrogen-bond donors (Lipinski definition) is 0. The second kappa shape index (κ2) is 11.8. The van der Waals surface area contributed by atoms with Crippen molar-refractivity contribution in [3.63, 3.8) is 0 Å². The van der Waals surface area contributed by atoms with Crippen molar-refractivity contribution in [3.8, 4) is 0 Å². The lowest BCUT2D eigenvalue weighted by Crippen LogP contribution is -2.39. The summed E-state index contributed by atoms with van der Waals surface area (Å²) in [5, 5.41) is 3.43. The van der Waals surface area contributed by atoms with Gasteiger partial charge in [-0.3, -0.25) is 0 Å². The van der Waals surface area contributed by atoms with E-state index < -0.39 is 29.0 Å². The Morgan fingerprint density at radius 2 is 1.41 bits per heavy atom. The highest BCUT2D eigenvalue weighted by molar-refractivity contribution is 9.09. The smallest absolute Gasteiger partial charge is 0.338 e. The largest absolute Gasteiger partial charge is 0.461 e. The minimum Gasteiger partial charge on any atom is -0.461 e. The summed E-state index contributed by atoms with van der Waals surface area (Å²) in [6.45, 7) is 7.23. The van der Waals surface area contributed by atoms with Gasteiger partial charge in [0.05, 0.1) is 22.2 Å². The van der Waals surface area contributed by atoms with Crippen molar-refractivity contribution in [3.05, 3.63) is 69.8 Å². The first-order chi connectivity index (χ1) is 15.1. The van der Waals surface area contributed by atoms with Crippen molar-refractivity contribution in [2.45, 2.75) is 44.8 Å². The zero-order valence-electron chi connectivity index (χ0n) is 18.7. The van der Waals surface area contributed by atoms with Gasteiger partial charge in [-0.15, -0.1) is 0 Å². The van der Waals surface area contributed by atoms with Gasteiger partial charge < -0.3 is 14.3 Å². The third kappa shape index (κ3) is 7.44. The second-order valence-electron chi connectivity index (χ2n) is 7.62. The Morgan fingerprint density at radius 3 is 1.88 bits per heavy atom. The van der Waals surface area contributed by atoms with E-state index in [1.807, 2.05) is 39.8 Å². The molecule has 0 bridgehead atoms. The number of rotatable bonds is 9. The first-order valence-electron chi connectivity index (χ1n) is 10.00. The number of hydrogen-bond acceptors (Lipinski definition) is 6. The lowest BCUT2D eigenvalue weighted by Gasteiger charge is -2.24. The highest BCUT2D eigenvalue weighted by Gasteiger charge is 2.33. The topological polar surface area (TPSA) is 74.2 Å². The molecule has 0 unspecified atom stereocenters. The molecule has 2 aromatic rings. The van der Waals surface area contributed by atoms with Crippen molar-refractivity contribution in [1.29, 1.82) is 0 Å². The monoisotopic (exact) mass is 507 g/mol. The van der Waals surface area contributed by atoms with Crippen molar-refractivity contribution in [2.75, 3.05) is 13.7 Å². The first-order valence-corrected chi connectivity index (χ1v) is 10.9. The van der Waals surface area contributed by atoms with Gasteiger partial charge in [-0.2, -0.15) is 0 Å². The standard InChI is InChI=1S/C24H27BrFNO5/c1-14-6-15(2)9-18(8-14)23(28)31-13-20(25)22(21(26)12-27-30-5)32-24(29)19-10-16(3)7-17(4)11-19/h6-12,20-22H,13H2,1-5H3/b27-12+/t20-,21+,22+/m0/s1. The molecule has 3 atom stereocenters. The fraction of sp³-hybridized carbons (Fsp3) is 0.375. The van der Waals surface area contributed by atoms with Crippen LogP contribution in [-0.4, -0.2) is 49.0 Å². The van der Waals surface area contributed by atoms with Crippen LogP contribution in [0.5, 0.6) is 0 Å². The highest BCUT2D eigenvalue weighted by Crippen LogP contribution is 2.20. The van der Waals surface area contributed by atoms with Crippen molar-refractivity contribution < 1.29 is 28.3 Å². The zero-order valence-corrected chi connectivity index (χ0v) is 20.3. The van der Waals surface area contributed by atoms with E-state index in [-0.39, 0.29) is 6.61 Å². The van der Waals surface area contributed by atoms with Crippen LogP contribution in [0.2, 0.25) is 0 Å². The molecule has 0 amide bonds. The van der Waals surface area contributed by atoms with Gasteiger partial charge in [0.15, 0.2) is 12.3 Å². The van der Waals surface area contributed by atoms with Gasteiger partial charge in [-0.1, -0.05) is 55.5 Å². The molecule has 32 heavy (non-hydrogen) atoms. The summed E-state index contributed by atoms with van der Waals surface area (Å²) in [7, 11) is 1.27. The Hall–Kier alpha value is -2.74. The summed E-state index contributed by atoms with van der Waals surface area (Å²) in [6.07, 6.45) is -2.22. The molecule has 0 fully saturated rings. The van der Waals surface area contributed by atoms with Gasteiger partial charge in [0.2, 0.25) is 0 Å². The van der Waals surface area contributed by atoms with Crippen molar-refractivity contribution >= 4 is 34.1 Å². The molecule has 172 valence electrons. The Morgan fingerprint density at radius 1 is 0.938 bits per heavy atom. The fourth-order valence-corrected chi connectivity index (χ4v) is 3.78. The van der Waals surface area contributed by atoms with Crippen LogP contribution in [0.3, 0.4) is 0 Å². The van der Waals surface area contributed by atoms with E-state index in [0.717, 1.165) is 28.5 Å². The number of aryl methyl sites for hydroxylation is 4. The van der Waals surface area contributed by atoms with Crippen molar-refractivity contribution in [2.24, 2.45) is 5.16 Å². The molecule has 8 heteroatoms. The summed E-state index contributed by atoms with van der Waals surface area (Å²) in [5.41, 5.74) is 4.30. The number of nitrogens with zero attached hydrogens (tertiary/aromatic N) is 1. The number of carbonyl (C=O) groups is 2. The second-order valence-corrected chi connectivity index (χ2v) is 8.79. The molecule has 2 aromatic carbocycles. The van der Waals surface area contributed by atoms with Crippen LogP contribution in [0.15, 0.2) is 41.6 Å². The molecule has 0 saturated carbocycles.